The van der Waals surface area contributed by atoms with Crippen molar-refractivity contribution >= 4 is 23.7 Å². The fourth-order valence-electron chi connectivity index (χ4n) is 1.95. The van der Waals surface area contributed by atoms with E-state index in [0.29, 0.717) is 19.4 Å². The van der Waals surface area contributed by atoms with Crippen LogP contribution in [0.25, 0.3) is 0 Å². The standard InChI is InChI=1S/C14H27N7O4/c1-8(22)10(4-3-5-19-14(17)18)20-12(24)7-21(2)13(25)9(15)6-11(16)23/h9-10,22H,1,3-7,15H2,2H3,(H2,16,23)(H,20,24)(H4,17,18,19). The number of hydrogen-bond acceptors (Lipinski definition) is 6. The van der Waals surface area contributed by atoms with E-state index >= 15 is 0 Å². The molecule has 0 spiro atoms. The van der Waals surface area contributed by atoms with Crippen molar-refractivity contribution < 1.29 is 19.5 Å². The fourth-order valence-corrected chi connectivity index (χ4v) is 1.95. The molecule has 3 amide bonds. The van der Waals surface area contributed by atoms with Gasteiger partial charge in [0.15, 0.2) is 5.96 Å². The first-order chi connectivity index (χ1) is 11.5. The van der Waals surface area contributed by atoms with Crippen molar-refractivity contribution in [1.29, 1.82) is 0 Å². The van der Waals surface area contributed by atoms with Crippen molar-refractivity contribution in [2.24, 2.45) is 27.9 Å². The first-order valence-electron chi connectivity index (χ1n) is 7.56. The summed E-state index contributed by atoms with van der Waals surface area (Å²) < 4.78 is 0. The van der Waals surface area contributed by atoms with Crippen molar-refractivity contribution in [3.05, 3.63) is 12.3 Å². The molecule has 0 fully saturated rings. The summed E-state index contributed by atoms with van der Waals surface area (Å²) in [6.45, 7) is 3.43. The number of guanidine groups is 1. The van der Waals surface area contributed by atoms with E-state index in [2.05, 4.69) is 16.9 Å². The van der Waals surface area contributed by atoms with E-state index in [4.69, 9.17) is 22.9 Å². The zero-order valence-corrected chi connectivity index (χ0v) is 14.3. The summed E-state index contributed by atoms with van der Waals surface area (Å²) in [5.41, 5.74) is 20.9. The summed E-state index contributed by atoms with van der Waals surface area (Å²) in [7, 11) is 1.37. The van der Waals surface area contributed by atoms with Crippen LogP contribution in [0.3, 0.4) is 0 Å². The minimum Gasteiger partial charge on any atom is -0.511 e. The highest BCUT2D eigenvalue weighted by atomic mass is 16.3. The van der Waals surface area contributed by atoms with Crippen LogP contribution in [-0.2, 0) is 14.4 Å². The van der Waals surface area contributed by atoms with Crippen LogP contribution in [0, 0.1) is 0 Å². The maximum atomic E-state index is 12.0. The van der Waals surface area contributed by atoms with Gasteiger partial charge >= 0.3 is 0 Å². The third-order valence-corrected chi connectivity index (χ3v) is 3.18. The molecular formula is C14H27N7O4. The van der Waals surface area contributed by atoms with Gasteiger partial charge in [-0.05, 0) is 12.8 Å². The van der Waals surface area contributed by atoms with E-state index in [1.165, 1.54) is 7.05 Å². The number of aliphatic imine (C=N–C) groups is 1. The van der Waals surface area contributed by atoms with Gasteiger partial charge in [0, 0.05) is 13.6 Å². The number of likely N-dealkylation sites (N-methyl/N-ethyl adjacent to an activating group) is 1. The average Bonchev–Trinajstić information content (AvgIpc) is 2.48. The number of hydrogen-bond donors (Lipinski definition) is 6. The number of carbonyl (C=O) groups is 3. The monoisotopic (exact) mass is 357 g/mol. The second-order valence-corrected chi connectivity index (χ2v) is 5.53. The second-order valence-electron chi connectivity index (χ2n) is 5.53. The Hall–Kier alpha value is -2.82. The molecule has 0 aliphatic heterocycles. The van der Waals surface area contributed by atoms with Gasteiger partial charge in [0.05, 0.1) is 25.0 Å². The maximum absolute atomic E-state index is 12.0. The first kappa shape index (κ1) is 22.2. The number of amides is 3. The molecule has 2 unspecified atom stereocenters. The van der Waals surface area contributed by atoms with Crippen LogP contribution in [0.1, 0.15) is 19.3 Å². The maximum Gasteiger partial charge on any atom is 0.240 e. The predicted molar refractivity (Wildman–Crippen MR) is 93.0 cm³/mol. The average molecular weight is 357 g/mol. The highest BCUT2D eigenvalue weighted by Crippen LogP contribution is 2.05. The summed E-state index contributed by atoms with van der Waals surface area (Å²) >= 11 is 0. The molecule has 0 aromatic rings. The molecule has 0 aromatic carbocycles. The lowest BCUT2D eigenvalue weighted by Gasteiger charge is -2.22. The molecule has 11 nitrogen and oxygen atoms in total. The molecule has 10 N–H and O–H groups in total. The molecule has 0 rings (SSSR count). The molecule has 0 saturated carbocycles. The Kier molecular flexibility index (Phi) is 9.64. The van der Waals surface area contributed by atoms with Crippen LogP contribution in [-0.4, -0.2) is 65.9 Å². The van der Waals surface area contributed by atoms with E-state index < -0.39 is 29.8 Å². The van der Waals surface area contributed by atoms with Gasteiger partial charge in [0.1, 0.15) is 5.76 Å². The molecule has 11 heteroatoms. The summed E-state index contributed by atoms with van der Waals surface area (Å²) in [4.78, 5) is 39.6. The lowest BCUT2D eigenvalue weighted by Crippen LogP contribution is -2.48. The van der Waals surface area contributed by atoms with Gasteiger partial charge in [0.2, 0.25) is 17.7 Å². The highest BCUT2D eigenvalue weighted by molar-refractivity contribution is 5.90. The van der Waals surface area contributed by atoms with Gasteiger partial charge < -0.3 is 38.3 Å². The van der Waals surface area contributed by atoms with Crippen molar-refractivity contribution in [3.63, 3.8) is 0 Å². The summed E-state index contributed by atoms with van der Waals surface area (Å²) in [5, 5.41) is 12.1. The number of carbonyl (C=O) groups excluding carboxylic acids is 3. The Labute approximate surface area is 146 Å². The Morgan fingerprint density at radius 2 is 1.88 bits per heavy atom. The van der Waals surface area contributed by atoms with Gasteiger partial charge in [-0.3, -0.25) is 19.4 Å². The molecule has 0 heterocycles. The zero-order chi connectivity index (χ0) is 19.6. The molecule has 0 radical (unpaired) electrons. The minimum absolute atomic E-state index is 0.0455. The van der Waals surface area contributed by atoms with E-state index in [1.807, 2.05) is 0 Å². The number of nitrogens with one attached hydrogen (secondary N) is 1. The van der Waals surface area contributed by atoms with Gasteiger partial charge in [-0.15, -0.1) is 0 Å². The highest BCUT2D eigenvalue weighted by Gasteiger charge is 2.23. The molecule has 0 aliphatic rings. The normalized spacial score (nSPS) is 12.6. The van der Waals surface area contributed by atoms with Crippen LogP contribution in [0.4, 0.5) is 0 Å². The number of aliphatic hydroxyl groups is 1. The summed E-state index contributed by atoms with van der Waals surface area (Å²) in [5.74, 6) is -2.10. The van der Waals surface area contributed by atoms with Crippen molar-refractivity contribution in [1.82, 2.24) is 10.2 Å². The van der Waals surface area contributed by atoms with Gasteiger partial charge in [-0.2, -0.15) is 0 Å². The Balaban J connectivity index is 4.50. The number of nitrogens with zero attached hydrogens (tertiary/aromatic N) is 2. The Morgan fingerprint density at radius 3 is 2.36 bits per heavy atom. The van der Waals surface area contributed by atoms with E-state index in [0.717, 1.165) is 4.90 Å². The molecule has 0 saturated heterocycles. The van der Waals surface area contributed by atoms with E-state index in [1.54, 1.807) is 0 Å². The zero-order valence-electron chi connectivity index (χ0n) is 14.3. The molecule has 0 aromatic heterocycles. The first-order valence-corrected chi connectivity index (χ1v) is 7.56. The number of rotatable bonds is 11. The van der Waals surface area contributed by atoms with Crippen LogP contribution >= 0.6 is 0 Å². The topological polar surface area (TPSA) is 203 Å². The van der Waals surface area contributed by atoms with E-state index in [-0.39, 0.29) is 24.7 Å². The lowest BCUT2D eigenvalue weighted by atomic mass is 10.1. The van der Waals surface area contributed by atoms with Crippen molar-refractivity contribution in [2.75, 3.05) is 20.1 Å². The smallest absolute Gasteiger partial charge is 0.240 e. The Morgan fingerprint density at radius 1 is 1.28 bits per heavy atom. The second kappa shape index (κ2) is 10.9. The van der Waals surface area contributed by atoms with Crippen LogP contribution in [0.2, 0.25) is 0 Å². The van der Waals surface area contributed by atoms with Crippen molar-refractivity contribution in [3.8, 4) is 0 Å². The molecule has 0 bridgehead atoms. The fraction of sp³-hybridized carbons (Fsp3) is 0.571. The van der Waals surface area contributed by atoms with Crippen LogP contribution in [0.5, 0.6) is 0 Å². The molecular weight excluding hydrogens is 330 g/mol. The lowest BCUT2D eigenvalue weighted by molar-refractivity contribution is -0.137. The van der Waals surface area contributed by atoms with Gasteiger partial charge in [0.25, 0.3) is 0 Å². The van der Waals surface area contributed by atoms with E-state index in [9.17, 15) is 19.5 Å². The third-order valence-electron chi connectivity index (χ3n) is 3.18. The predicted octanol–water partition coefficient (Wildman–Crippen LogP) is -2.74. The molecule has 142 valence electrons. The number of primary amides is 1. The Bertz CT molecular complexity index is 531. The van der Waals surface area contributed by atoms with Crippen molar-refractivity contribution in [2.45, 2.75) is 31.3 Å². The summed E-state index contributed by atoms with van der Waals surface area (Å²) in [6, 6.07) is -1.82. The third kappa shape index (κ3) is 9.81. The minimum atomic E-state index is -1.11. The van der Waals surface area contributed by atoms with Gasteiger partial charge in [-0.1, -0.05) is 6.58 Å². The van der Waals surface area contributed by atoms with Crippen LogP contribution in [0.15, 0.2) is 17.3 Å². The number of aliphatic hydroxyl groups excluding tert-OH is 1. The summed E-state index contributed by atoms with van der Waals surface area (Å²) in [6.07, 6.45) is 0.545. The largest absolute Gasteiger partial charge is 0.511 e. The van der Waals surface area contributed by atoms with Crippen LogP contribution < -0.4 is 28.3 Å². The SMILES string of the molecule is C=C(O)C(CCCN=C(N)N)NC(=O)CN(C)C(=O)C(N)CC(N)=O. The molecule has 25 heavy (non-hydrogen) atoms. The quantitative estimate of drug-likeness (QED) is 0.0994. The molecule has 0 aliphatic carbocycles. The van der Waals surface area contributed by atoms with Gasteiger partial charge in [-0.25, -0.2) is 0 Å². The number of nitrogens with two attached hydrogens (primary N) is 4. The molecule has 2 atom stereocenters.